The predicted molar refractivity (Wildman–Crippen MR) is 114 cm³/mol. The third-order valence-corrected chi connectivity index (χ3v) is 5.06. The molecule has 152 valence electrons. The van der Waals surface area contributed by atoms with Crippen molar-refractivity contribution in [2.75, 3.05) is 18.4 Å². The average Bonchev–Trinajstić information content (AvgIpc) is 2.60. The van der Waals surface area contributed by atoms with Crippen LogP contribution in [0.25, 0.3) is 10.9 Å². The minimum Gasteiger partial charge on any atom is -0.363 e. The van der Waals surface area contributed by atoms with Crippen molar-refractivity contribution >= 4 is 22.8 Å². The van der Waals surface area contributed by atoms with Crippen molar-refractivity contribution in [2.45, 2.75) is 65.0 Å². The van der Waals surface area contributed by atoms with Crippen molar-refractivity contribution in [2.24, 2.45) is 5.92 Å². The highest BCUT2D eigenvalue weighted by Gasteiger charge is 2.30. The molecule has 2 aromatic rings. The molecule has 6 heteroatoms. The number of rotatable bonds is 4. The molecule has 2 amide bonds. The Labute approximate surface area is 168 Å². The van der Waals surface area contributed by atoms with E-state index in [9.17, 15) is 4.79 Å². The fourth-order valence-electron chi connectivity index (χ4n) is 4.00. The van der Waals surface area contributed by atoms with Crippen molar-refractivity contribution in [3.8, 4) is 0 Å². The molecule has 2 aromatic heterocycles. The van der Waals surface area contributed by atoms with E-state index in [-0.39, 0.29) is 17.1 Å². The van der Waals surface area contributed by atoms with Crippen molar-refractivity contribution < 1.29 is 4.79 Å². The van der Waals surface area contributed by atoms with Crippen LogP contribution in [0.15, 0.2) is 30.6 Å². The molecule has 1 aliphatic heterocycles. The second kappa shape index (κ2) is 7.94. The van der Waals surface area contributed by atoms with Gasteiger partial charge in [-0.25, -0.2) is 9.78 Å². The maximum atomic E-state index is 12.5. The number of aromatic nitrogens is 2. The van der Waals surface area contributed by atoms with Crippen molar-refractivity contribution in [1.29, 1.82) is 0 Å². The molecule has 28 heavy (non-hydrogen) atoms. The van der Waals surface area contributed by atoms with Gasteiger partial charge in [-0.15, -0.1) is 0 Å². The van der Waals surface area contributed by atoms with Crippen LogP contribution < -0.4 is 10.6 Å². The molecule has 0 aliphatic carbocycles. The van der Waals surface area contributed by atoms with Crippen LogP contribution in [0.5, 0.6) is 0 Å². The number of fused-ring (bicyclic) bond motifs is 1. The Morgan fingerprint density at radius 3 is 2.71 bits per heavy atom. The lowest BCUT2D eigenvalue weighted by Crippen LogP contribution is -2.52. The first-order valence-corrected chi connectivity index (χ1v) is 10.2. The second-order valence-electron chi connectivity index (χ2n) is 9.58. The molecule has 1 atom stereocenters. The molecule has 0 bridgehead atoms. The molecule has 1 unspecified atom stereocenters. The minimum absolute atomic E-state index is 0.0443. The van der Waals surface area contributed by atoms with E-state index >= 15 is 0 Å². The normalized spacial score (nSPS) is 18.2. The van der Waals surface area contributed by atoms with Gasteiger partial charge in [-0.1, -0.05) is 6.07 Å². The maximum absolute atomic E-state index is 12.5. The number of nitrogens with one attached hydrogen (secondary N) is 2. The lowest BCUT2D eigenvalue weighted by atomic mass is 9.85. The summed E-state index contributed by atoms with van der Waals surface area (Å²) in [6, 6.07) is 6.02. The van der Waals surface area contributed by atoms with Gasteiger partial charge in [0.25, 0.3) is 0 Å². The fourth-order valence-corrected chi connectivity index (χ4v) is 4.00. The van der Waals surface area contributed by atoms with Crippen LogP contribution >= 0.6 is 0 Å². The van der Waals surface area contributed by atoms with Gasteiger partial charge in [0.1, 0.15) is 5.52 Å². The number of anilines is 1. The first-order valence-electron chi connectivity index (χ1n) is 10.2. The molecule has 3 rings (SSSR count). The number of likely N-dealkylation sites (tertiary alicyclic amines) is 1. The fraction of sp³-hybridized carbons (Fsp3) is 0.591. The largest absolute Gasteiger partial charge is 0.363 e. The molecule has 1 saturated heterocycles. The van der Waals surface area contributed by atoms with E-state index in [1.807, 2.05) is 44.0 Å². The molecule has 2 N–H and O–H groups in total. The number of hydrogen-bond donors (Lipinski definition) is 2. The molecule has 0 saturated carbocycles. The summed E-state index contributed by atoms with van der Waals surface area (Å²) in [7, 11) is 0. The Kier molecular flexibility index (Phi) is 5.77. The van der Waals surface area contributed by atoms with Crippen molar-refractivity contribution in [1.82, 2.24) is 20.2 Å². The standard InChI is InChI=1S/C22H33N5O/c1-21(2,3)26-20(28)27-13-7-8-16(15-27)14-22(4,5)25-19-18-17(10-12-24-19)9-6-11-23-18/h6,9-12,16H,7-8,13-15H2,1-5H3,(H,24,25)(H,26,28). The number of nitrogens with zero attached hydrogens (tertiary/aromatic N) is 3. The van der Waals surface area contributed by atoms with Gasteiger partial charge in [0.2, 0.25) is 0 Å². The first-order chi connectivity index (χ1) is 13.1. The van der Waals surface area contributed by atoms with Crippen LogP contribution in [0.3, 0.4) is 0 Å². The summed E-state index contributed by atoms with van der Waals surface area (Å²) in [6.07, 6.45) is 6.78. The summed E-state index contributed by atoms with van der Waals surface area (Å²) < 4.78 is 0. The first kappa shape index (κ1) is 20.4. The zero-order valence-corrected chi connectivity index (χ0v) is 17.7. The quantitative estimate of drug-likeness (QED) is 0.819. The summed E-state index contributed by atoms with van der Waals surface area (Å²) >= 11 is 0. The van der Waals surface area contributed by atoms with Crippen molar-refractivity contribution in [3.63, 3.8) is 0 Å². The zero-order valence-electron chi connectivity index (χ0n) is 17.7. The van der Waals surface area contributed by atoms with E-state index < -0.39 is 0 Å². The summed E-state index contributed by atoms with van der Waals surface area (Å²) in [5.41, 5.74) is 0.540. The number of urea groups is 1. The van der Waals surface area contributed by atoms with Crippen LogP contribution in [0.2, 0.25) is 0 Å². The molecule has 1 fully saturated rings. The van der Waals surface area contributed by atoms with E-state index in [0.717, 1.165) is 49.1 Å². The molecule has 6 nitrogen and oxygen atoms in total. The monoisotopic (exact) mass is 383 g/mol. The summed E-state index contributed by atoms with van der Waals surface area (Å²) in [5.74, 6) is 1.28. The Hall–Kier alpha value is -2.37. The maximum Gasteiger partial charge on any atom is 0.317 e. The Balaban J connectivity index is 1.65. The lowest BCUT2D eigenvalue weighted by Gasteiger charge is -2.38. The molecule has 1 aliphatic rings. The van der Waals surface area contributed by atoms with Gasteiger partial charge in [0.15, 0.2) is 5.82 Å². The smallest absolute Gasteiger partial charge is 0.317 e. The van der Waals surface area contributed by atoms with Crippen molar-refractivity contribution in [3.05, 3.63) is 30.6 Å². The highest BCUT2D eigenvalue weighted by atomic mass is 16.2. The Morgan fingerprint density at radius 2 is 1.96 bits per heavy atom. The highest BCUT2D eigenvalue weighted by Crippen LogP contribution is 2.29. The zero-order chi connectivity index (χ0) is 20.4. The van der Waals surface area contributed by atoms with Gasteiger partial charge in [-0.3, -0.25) is 4.98 Å². The number of carbonyl (C=O) groups excluding carboxylic acids is 1. The van der Waals surface area contributed by atoms with Crippen LogP contribution in [0.1, 0.15) is 53.9 Å². The van der Waals surface area contributed by atoms with Gasteiger partial charge in [0, 0.05) is 41.9 Å². The SMILES string of the molecule is CC(C)(C)NC(=O)N1CCCC(CC(C)(C)Nc2nccc3cccnc23)C1. The number of pyridine rings is 2. The van der Waals surface area contributed by atoms with E-state index in [4.69, 9.17) is 0 Å². The third-order valence-electron chi connectivity index (χ3n) is 5.06. The molecule has 0 spiro atoms. The van der Waals surface area contributed by atoms with E-state index in [0.29, 0.717) is 5.92 Å². The molecule has 0 radical (unpaired) electrons. The lowest BCUT2D eigenvalue weighted by molar-refractivity contribution is 0.149. The minimum atomic E-state index is -0.210. The topological polar surface area (TPSA) is 70.2 Å². The molecule has 0 aromatic carbocycles. The highest BCUT2D eigenvalue weighted by molar-refractivity contribution is 5.87. The van der Waals surface area contributed by atoms with Crippen LogP contribution in [-0.4, -0.2) is 45.1 Å². The van der Waals surface area contributed by atoms with E-state index in [2.05, 4.69) is 40.5 Å². The molecular formula is C22H33N5O. The number of piperidine rings is 1. The number of hydrogen-bond acceptors (Lipinski definition) is 4. The predicted octanol–water partition coefficient (Wildman–Crippen LogP) is 4.43. The van der Waals surface area contributed by atoms with Crippen LogP contribution in [0, 0.1) is 5.92 Å². The van der Waals surface area contributed by atoms with Crippen LogP contribution in [-0.2, 0) is 0 Å². The average molecular weight is 384 g/mol. The second-order valence-corrected chi connectivity index (χ2v) is 9.58. The number of amides is 2. The van der Waals surface area contributed by atoms with Gasteiger partial charge < -0.3 is 15.5 Å². The van der Waals surface area contributed by atoms with Gasteiger partial charge in [-0.2, -0.15) is 0 Å². The van der Waals surface area contributed by atoms with Crippen LogP contribution in [0.4, 0.5) is 10.6 Å². The number of carbonyl (C=O) groups is 1. The molecule has 3 heterocycles. The summed E-state index contributed by atoms with van der Waals surface area (Å²) in [6.45, 7) is 12.1. The Morgan fingerprint density at radius 1 is 1.18 bits per heavy atom. The van der Waals surface area contributed by atoms with E-state index in [1.165, 1.54) is 0 Å². The Bertz CT molecular complexity index is 822. The van der Waals surface area contributed by atoms with E-state index in [1.54, 1.807) is 6.20 Å². The van der Waals surface area contributed by atoms with Gasteiger partial charge >= 0.3 is 6.03 Å². The summed E-state index contributed by atoms with van der Waals surface area (Å²) in [4.78, 5) is 23.5. The third kappa shape index (κ3) is 5.33. The molecular weight excluding hydrogens is 350 g/mol. The summed E-state index contributed by atoms with van der Waals surface area (Å²) in [5, 5.41) is 7.77. The van der Waals surface area contributed by atoms with Gasteiger partial charge in [0.05, 0.1) is 0 Å². The van der Waals surface area contributed by atoms with Gasteiger partial charge in [-0.05, 0) is 71.9 Å².